The summed E-state index contributed by atoms with van der Waals surface area (Å²) in [7, 11) is 0. The van der Waals surface area contributed by atoms with Crippen LogP contribution in [0, 0.1) is 0 Å². The van der Waals surface area contributed by atoms with Crippen LogP contribution in [-0.4, -0.2) is 17.7 Å². The fourth-order valence-electron chi connectivity index (χ4n) is 2.03. The first-order chi connectivity index (χ1) is 6.09. The summed E-state index contributed by atoms with van der Waals surface area (Å²) in [4.78, 5) is 0. The van der Waals surface area contributed by atoms with E-state index >= 15 is 0 Å². The van der Waals surface area contributed by atoms with Crippen molar-refractivity contribution in [2.45, 2.75) is 70.6 Å². The molecule has 1 aliphatic rings. The second-order valence-electron chi connectivity index (χ2n) is 4.42. The third-order valence-electron chi connectivity index (χ3n) is 3.36. The summed E-state index contributed by atoms with van der Waals surface area (Å²) in [5, 5.41) is 0. The molecule has 0 aromatic rings. The van der Waals surface area contributed by atoms with Crippen LogP contribution >= 0.6 is 0 Å². The van der Waals surface area contributed by atoms with E-state index < -0.39 is 0 Å². The van der Waals surface area contributed by atoms with Crippen LogP contribution in [0.1, 0.15) is 52.9 Å². The molecule has 2 nitrogen and oxygen atoms in total. The quantitative estimate of drug-likeness (QED) is 0.730. The SMILES string of the molecule is CCC(N)(CC)CC1CCC(C)O1. The van der Waals surface area contributed by atoms with Crippen molar-refractivity contribution >= 4 is 0 Å². The van der Waals surface area contributed by atoms with Gasteiger partial charge in [-0.05, 0) is 39.0 Å². The molecule has 0 amide bonds. The predicted molar refractivity (Wildman–Crippen MR) is 55.7 cm³/mol. The lowest BCUT2D eigenvalue weighted by molar-refractivity contribution is 0.0354. The molecule has 0 aromatic heterocycles. The highest BCUT2D eigenvalue weighted by atomic mass is 16.5. The van der Waals surface area contributed by atoms with E-state index in [9.17, 15) is 0 Å². The zero-order chi connectivity index (χ0) is 9.90. The molecule has 0 aromatic carbocycles. The number of hydrogen-bond acceptors (Lipinski definition) is 2. The molecule has 1 aliphatic heterocycles. The Balaban J connectivity index is 2.38. The molecule has 1 saturated heterocycles. The Bertz CT molecular complexity index is 154. The highest BCUT2D eigenvalue weighted by molar-refractivity contribution is 4.86. The summed E-state index contributed by atoms with van der Waals surface area (Å²) < 4.78 is 5.78. The van der Waals surface area contributed by atoms with Crippen molar-refractivity contribution < 1.29 is 4.74 Å². The highest BCUT2D eigenvalue weighted by Crippen LogP contribution is 2.28. The van der Waals surface area contributed by atoms with Gasteiger partial charge in [-0.15, -0.1) is 0 Å². The van der Waals surface area contributed by atoms with E-state index in [0.717, 1.165) is 19.3 Å². The maximum atomic E-state index is 6.24. The van der Waals surface area contributed by atoms with Gasteiger partial charge in [0.1, 0.15) is 0 Å². The van der Waals surface area contributed by atoms with Crippen molar-refractivity contribution in [1.82, 2.24) is 0 Å². The molecule has 1 heterocycles. The first kappa shape index (κ1) is 11.0. The molecule has 2 atom stereocenters. The number of hydrogen-bond donors (Lipinski definition) is 1. The van der Waals surface area contributed by atoms with Crippen LogP contribution < -0.4 is 5.73 Å². The first-order valence-corrected chi connectivity index (χ1v) is 5.54. The molecule has 0 radical (unpaired) electrons. The van der Waals surface area contributed by atoms with Crippen LogP contribution in [0.5, 0.6) is 0 Å². The van der Waals surface area contributed by atoms with Gasteiger partial charge in [-0.25, -0.2) is 0 Å². The van der Waals surface area contributed by atoms with Crippen molar-refractivity contribution in [2.75, 3.05) is 0 Å². The van der Waals surface area contributed by atoms with Crippen molar-refractivity contribution in [1.29, 1.82) is 0 Å². The molecule has 2 heteroatoms. The van der Waals surface area contributed by atoms with Gasteiger partial charge in [0.25, 0.3) is 0 Å². The topological polar surface area (TPSA) is 35.2 Å². The lowest BCUT2D eigenvalue weighted by Crippen LogP contribution is -2.41. The Hall–Kier alpha value is -0.0800. The summed E-state index contributed by atoms with van der Waals surface area (Å²) in [6.45, 7) is 6.49. The lowest BCUT2D eigenvalue weighted by atomic mass is 9.87. The van der Waals surface area contributed by atoms with Gasteiger partial charge in [0.2, 0.25) is 0 Å². The van der Waals surface area contributed by atoms with E-state index in [0.29, 0.717) is 12.2 Å². The van der Waals surface area contributed by atoms with Gasteiger partial charge in [0.15, 0.2) is 0 Å². The molecule has 0 spiro atoms. The second-order valence-corrected chi connectivity index (χ2v) is 4.42. The predicted octanol–water partition coefficient (Wildman–Crippen LogP) is 2.46. The number of rotatable bonds is 4. The van der Waals surface area contributed by atoms with Crippen LogP contribution in [-0.2, 0) is 4.74 Å². The van der Waals surface area contributed by atoms with Crippen LogP contribution in [0.3, 0.4) is 0 Å². The summed E-state index contributed by atoms with van der Waals surface area (Å²) in [5.41, 5.74) is 6.25. The number of ether oxygens (including phenoxy) is 1. The molecular formula is C11H23NO. The smallest absolute Gasteiger partial charge is 0.0597 e. The molecule has 0 bridgehead atoms. The Labute approximate surface area is 81.8 Å². The second kappa shape index (κ2) is 4.43. The van der Waals surface area contributed by atoms with E-state index in [1.807, 2.05) is 0 Å². The molecule has 2 unspecified atom stereocenters. The van der Waals surface area contributed by atoms with Gasteiger partial charge >= 0.3 is 0 Å². The van der Waals surface area contributed by atoms with E-state index in [2.05, 4.69) is 20.8 Å². The summed E-state index contributed by atoms with van der Waals surface area (Å²) in [5.74, 6) is 0. The van der Waals surface area contributed by atoms with Crippen LogP contribution in [0.15, 0.2) is 0 Å². The minimum absolute atomic E-state index is 0.00866. The normalized spacial score (nSPS) is 29.5. The van der Waals surface area contributed by atoms with Gasteiger partial charge in [0, 0.05) is 5.54 Å². The minimum Gasteiger partial charge on any atom is -0.375 e. The van der Waals surface area contributed by atoms with Gasteiger partial charge in [-0.2, -0.15) is 0 Å². The fourth-order valence-corrected chi connectivity index (χ4v) is 2.03. The standard InChI is InChI=1S/C11H23NO/c1-4-11(12,5-2)8-10-7-6-9(3)13-10/h9-10H,4-8,12H2,1-3H3. The molecule has 1 rings (SSSR count). The Kier molecular flexibility index (Phi) is 3.74. The Morgan fingerprint density at radius 2 is 1.92 bits per heavy atom. The minimum atomic E-state index is 0.00866. The maximum Gasteiger partial charge on any atom is 0.0597 e. The Morgan fingerprint density at radius 3 is 2.31 bits per heavy atom. The molecule has 13 heavy (non-hydrogen) atoms. The van der Waals surface area contributed by atoms with Gasteiger partial charge < -0.3 is 10.5 Å². The van der Waals surface area contributed by atoms with E-state index in [1.54, 1.807) is 0 Å². The maximum absolute atomic E-state index is 6.24. The Morgan fingerprint density at radius 1 is 1.31 bits per heavy atom. The van der Waals surface area contributed by atoms with Gasteiger partial charge in [-0.1, -0.05) is 13.8 Å². The van der Waals surface area contributed by atoms with Crippen LogP contribution in [0.4, 0.5) is 0 Å². The zero-order valence-electron chi connectivity index (χ0n) is 9.18. The summed E-state index contributed by atoms with van der Waals surface area (Å²) in [6.07, 6.45) is 6.40. The van der Waals surface area contributed by atoms with E-state index in [4.69, 9.17) is 10.5 Å². The molecule has 1 fully saturated rings. The highest BCUT2D eigenvalue weighted by Gasteiger charge is 2.30. The molecular weight excluding hydrogens is 162 g/mol. The van der Waals surface area contributed by atoms with E-state index in [1.165, 1.54) is 12.8 Å². The molecule has 0 aliphatic carbocycles. The fraction of sp³-hybridized carbons (Fsp3) is 1.00. The monoisotopic (exact) mass is 185 g/mol. The third-order valence-corrected chi connectivity index (χ3v) is 3.36. The lowest BCUT2D eigenvalue weighted by Gasteiger charge is -2.29. The molecule has 0 saturated carbocycles. The van der Waals surface area contributed by atoms with Crippen molar-refractivity contribution in [2.24, 2.45) is 5.73 Å². The van der Waals surface area contributed by atoms with Crippen molar-refractivity contribution in [3.05, 3.63) is 0 Å². The zero-order valence-corrected chi connectivity index (χ0v) is 9.18. The van der Waals surface area contributed by atoms with Crippen molar-refractivity contribution in [3.63, 3.8) is 0 Å². The first-order valence-electron chi connectivity index (χ1n) is 5.54. The molecule has 78 valence electrons. The van der Waals surface area contributed by atoms with Crippen LogP contribution in [0.2, 0.25) is 0 Å². The summed E-state index contributed by atoms with van der Waals surface area (Å²) in [6, 6.07) is 0. The average molecular weight is 185 g/mol. The molecule has 2 N–H and O–H groups in total. The van der Waals surface area contributed by atoms with Crippen molar-refractivity contribution in [3.8, 4) is 0 Å². The van der Waals surface area contributed by atoms with Gasteiger partial charge in [-0.3, -0.25) is 0 Å². The largest absolute Gasteiger partial charge is 0.375 e. The third kappa shape index (κ3) is 2.96. The van der Waals surface area contributed by atoms with Gasteiger partial charge in [0.05, 0.1) is 12.2 Å². The number of nitrogens with two attached hydrogens (primary N) is 1. The van der Waals surface area contributed by atoms with E-state index in [-0.39, 0.29) is 5.54 Å². The average Bonchev–Trinajstić information content (AvgIpc) is 2.51. The summed E-state index contributed by atoms with van der Waals surface area (Å²) >= 11 is 0. The van der Waals surface area contributed by atoms with Crippen LogP contribution in [0.25, 0.3) is 0 Å².